The van der Waals surface area contributed by atoms with Crippen LogP contribution < -0.4 is 9.50 Å². The van der Waals surface area contributed by atoms with Crippen molar-refractivity contribution < 1.29 is 22.2 Å². The van der Waals surface area contributed by atoms with Crippen molar-refractivity contribution in [3.8, 4) is 5.75 Å². The maximum absolute atomic E-state index is 12.8. The molecule has 3 amide bonds. The molecular formula is C18H17ClN2O5S. The van der Waals surface area contributed by atoms with E-state index in [0.717, 1.165) is 4.90 Å². The second kappa shape index (κ2) is 7.21. The summed E-state index contributed by atoms with van der Waals surface area (Å²) in [6, 6.07) is 13.9. The molecule has 1 aliphatic heterocycles. The van der Waals surface area contributed by atoms with Gasteiger partial charge in [0.05, 0.1) is 0 Å². The minimum atomic E-state index is -3.97. The number of para-hydroxylation sites is 1. The molecule has 7 nitrogen and oxygen atoms in total. The number of carbonyl (C=O) groups excluding carboxylic acids is 2. The minimum absolute atomic E-state index is 0.167. The van der Waals surface area contributed by atoms with E-state index < -0.39 is 33.3 Å². The quantitative estimate of drug-likeness (QED) is 0.585. The molecule has 2 aromatic rings. The predicted octanol–water partition coefficient (Wildman–Crippen LogP) is 2.52. The van der Waals surface area contributed by atoms with Gasteiger partial charge in [-0.1, -0.05) is 41.9 Å². The fourth-order valence-corrected chi connectivity index (χ4v) is 3.77. The van der Waals surface area contributed by atoms with Gasteiger partial charge in [0, 0.05) is 11.6 Å². The summed E-state index contributed by atoms with van der Waals surface area (Å²) >= 11 is 5.86. The van der Waals surface area contributed by atoms with Gasteiger partial charge in [-0.3, -0.25) is 9.69 Å². The Bertz CT molecular complexity index is 963. The van der Waals surface area contributed by atoms with Crippen LogP contribution in [0.15, 0.2) is 54.6 Å². The van der Waals surface area contributed by atoms with Crippen molar-refractivity contribution in [2.45, 2.75) is 12.5 Å². The highest BCUT2D eigenvalue weighted by molar-refractivity contribution is 7.87. The average molecular weight is 409 g/mol. The normalized spacial score (nSPS) is 19.9. The topological polar surface area (TPSA) is 92.8 Å². The average Bonchev–Trinajstić information content (AvgIpc) is 2.84. The molecule has 9 heteroatoms. The van der Waals surface area contributed by atoms with Gasteiger partial charge in [0.15, 0.2) is 0 Å². The molecule has 0 unspecified atom stereocenters. The molecule has 0 radical (unpaired) electrons. The summed E-state index contributed by atoms with van der Waals surface area (Å²) in [5.41, 5.74) is -0.734. The molecule has 2 aromatic carbocycles. The highest BCUT2D eigenvalue weighted by Crippen LogP contribution is 2.29. The van der Waals surface area contributed by atoms with E-state index in [1.54, 1.807) is 49.4 Å². The first kappa shape index (κ1) is 19.2. The standard InChI is InChI=1S/C18H17ClN2O5S/c1-18(13-7-9-14(19)10-8-13)16(22)21(17(23)20-18)11-12-27(24,25)26-15-5-3-2-4-6-15/h2-10H,11-12H2,1H3,(H,20,23)/t18-/m1/s1. The lowest BCUT2D eigenvalue weighted by Gasteiger charge is -2.22. The highest BCUT2D eigenvalue weighted by Gasteiger charge is 2.49. The van der Waals surface area contributed by atoms with Gasteiger partial charge in [-0.25, -0.2) is 4.79 Å². The summed E-state index contributed by atoms with van der Waals surface area (Å²) in [5, 5.41) is 3.11. The van der Waals surface area contributed by atoms with Crippen molar-refractivity contribution in [3.05, 3.63) is 65.2 Å². The molecule has 1 N–H and O–H groups in total. The molecule has 1 heterocycles. The summed E-state index contributed by atoms with van der Waals surface area (Å²) in [7, 11) is -3.97. The maximum atomic E-state index is 12.8. The maximum Gasteiger partial charge on any atom is 0.325 e. The molecule has 0 aliphatic carbocycles. The smallest absolute Gasteiger partial charge is 0.325 e. The zero-order valence-corrected chi connectivity index (χ0v) is 16.0. The molecule has 0 bridgehead atoms. The lowest BCUT2D eigenvalue weighted by molar-refractivity contribution is -0.130. The number of hydrogen-bond donors (Lipinski definition) is 1. The van der Waals surface area contributed by atoms with E-state index in [9.17, 15) is 18.0 Å². The first-order chi connectivity index (χ1) is 12.7. The third-order valence-electron chi connectivity index (χ3n) is 4.23. The Balaban J connectivity index is 1.71. The Morgan fingerprint density at radius 1 is 1.07 bits per heavy atom. The Hall–Kier alpha value is -2.58. The van der Waals surface area contributed by atoms with Crippen LogP contribution in [0.4, 0.5) is 4.79 Å². The van der Waals surface area contributed by atoms with Crippen molar-refractivity contribution in [3.63, 3.8) is 0 Å². The van der Waals surface area contributed by atoms with E-state index >= 15 is 0 Å². The number of nitrogens with zero attached hydrogens (tertiary/aromatic N) is 1. The van der Waals surface area contributed by atoms with Crippen molar-refractivity contribution in [1.82, 2.24) is 10.2 Å². The number of hydrogen-bond acceptors (Lipinski definition) is 5. The minimum Gasteiger partial charge on any atom is -0.382 e. The lowest BCUT2D eigenvalue weighted by Crippen LogP contribution is -2.41. The SMILES string of the molecule is C[C@]1(c2ccc(Cl)cc2)NC(=O)N(CCS(=O)(=O)Oc2ccccc2)C1=O. The Labute approximate surface area is 162 Å². The second-order valence-corrected chi connectivity index (χ2v) is 8.30. The Kier molecular flexibility index (Phi) is 5.12. The monoisotopic (exact) mass is 408 g/mol. The van der Waals surface area contributed by atoms with Crippen LogP contribution in [0.5, 0.6) is 5.75 Å². The molecule has 0 saturated carbocycles. The molecule has 27 heavy (non-hydrogen) atoms. The number of benzene rings is 2. The molecule has 1 aliphatic rings. The van der Waals surface area contributed by atoms with Crippen LogP contribution in [-0.4, -0.2) is 37.6 Å². The molecule has 142 valence electrons. The van der Waals surface area contributed by atoms with Crippen LogP contribution in [0, 0.1) is 0 Å². The van der Waals surface area contributed by atoms with Crippen LogP contribution in [0.1, 0.15) is 12.5 Å². The number of halogens is 1. The molecule has 3 rings (SSSR count). The number of imide groups is 1. The fourth-order valence-electron chi connectivity index (χ4n) is 2.75. The van der Waals surface area contributed by atoms with Crippen LogP contribution in [-0.2, 0) is 20.5 Å². The Morgan fingerprint density at radius 3 is 2.33 bits per heavy atom. The fraction of sp³-hybridized carbons (Fsp3) is 0.222. The summed E-state index contributed by atoms with van der Waals surface area (Å²) in [6.45, 7) is 1.24. The number of amides is 3. The van der Waals surface area contributed by atoms with E-state index in [1.165, 1.54) is 12.1 Å². The van der Waals surface area contributed by atoms with Gasteiger partial charge in [-0.15, -0.1) is 0 Å². The van der Waals surface area contributed by atoms with Crippen molar-refractivity contribution in [2.75, 3.05) is 12.3 Å². The summed E-state index contributed by atoms with van der Waals surface area (Å²) in [5.74, 6) is -0.886. The van der Waals surface area contributed by atoms with Crippen LogP contribution in [0.25, 0.3) is 0 Å². The number of carbonyl (C=O) groups is 2. The van der Waals surface area contributed by atoms with Gasteiger partial charge in [0.1, 0.15) is 17.0 Å². The van der Waals surface area contributed by atoms with Gasteiger partial charge >= 0.3 is 16.1 Å². The first-order valence-electron chi connectivity index (χ1n) is 8.09. The first-order valence-corrected chi connectivity index (χ1v) is 10.0. The van der Waals surface area contributed by atoms with Crippen LogP contribution in [0.2, 0.25) is 5.02 Å². The van der Waals surface area contributed by atoms with E-state index in [2.05, 4.69) is 5.32 Å². The van der Waals surface area contributed by atoms with Gasteiger partial charge < -0.3 is 9.50 Å². The van der Waals surface area contributed by atoms with Gasteiger partial charge in [0.25, 0.3) is 5.91 Å². The summed E-state index contributed by atoms with van der Waals surface area (Å²) in [6.07, 6.45) is 0. The number of nitrogens with one attached hydrogen (secondary N) is 1. The predicted molar refractivity (Wildman–Crippen MR) is 99.9 cm³/mol. The third kappa shape index (κ3) is 4.06. The molecule has 1 saturated heterocycles. The summed E-state index contributed by atoms with van der Waals surface area (Å²) < 4.78 is 29.2. The lowest BCUT2D eigenvalue weighted by atomic mass is 9.92. The largest absolute Gasteiger partial charge is 0.382 e. The van der Waals surface area contributed by atoms with Gasteiger partial charge in [-0.2, -0.15) is 8.42 Å². The van der Waals surface area contributed by atoms with E-state index in [1.807, 2.05) is 0 Å². The van der Waals surface area contributed by atoms with Crippen LogP contribution >= 0.6 is 11.6 Å². The number of urea groups is 1. The molecular weight excluding hydrogens is 392 g/mol. The molecule has 1 fully saturated rings. The van der Waals surface area contributed by atoms with E-state index in [0.29, 0.717) is 10.6 Å². The molecule has 0 spiro atoms. The van der Waals surface area contributed by atoms with E-state index in [4.69, 9.17) is 15.8 Å². The molecule has 0 aromatic heterocycles. The number of rotatable bonds is 6. The van der Waals surface area contributed by atoms with Crippen molar-refractivity contribution >= 4 is 33.7 Å². The van der Waals surface area contributed by atoms with Crippen molar-refractivity contribution in [2.24, 2.45) is 0 Å². The second-order valence-electron chi connectivity index (χ2n) is 6.18. The van der Waals surface area contributed by atoms with Gasteiger partial charge in [-0.05, 0) is 36.8 Å². The van der Waals surface area contributed by atoms with Crippen LogP contribution in [0.3, 0.4) is 0 Å². The third-order valence-corrected chi connectivity index (χ3v) is 5.61. The van der Waals surface area contributed by atoms with Gasteiger partial charge in [0.2, 0.25) is 0 Å². The van der Waals surface area contributed by atoms with E-state index in [-0.39, 0.29) is 12.3 Å². The Morgan fingerprint density at radius 2 is 1.70 bits per heavy atom. The van der Waals surface area contributed by atoms with Crippen molar-refractivity contribution in [1.29, 1.82) is 0 Å². The highest BCUT2D eigenvalue weighted by atomic mass is 35.5. The molecule has 1 atom stereocenters. The zero-order valence-electron chi connectivity index (χ0n) is 14.4. The zero-order chi connectivity index (χ0) is 19.7. The summed E-state index contributed by atoms with van der Waals surface area (Å²) in [4.78, 5) is 25.9.